The van der Waals surface area contributed by atoms with Crippen molar-refractivity contribution >= 4 is 17.4 Å². The molecule has 0 fully saturated rings. The lowest BCUT2D eigenvalue weighted by molar-refractivity contribution is -0.384. The van der Waals surface area contributed by atoms with Crippen LogP contribution in [0.25, 0.3) is 0 Å². The Morgan fingerprint density at radius 1 is 1.56 bits per heavy atom. The third-order valence-corrected chi connectivity index (χ3v) is 3.85. The minimum absolute atomic E-state index is 0.0953. The third kappa shape index (κ3) is 4.19. The highest BCUT2D eigenvalue weighted by Gasteiger charge is 2.12. The van der Waals surface area contributed by atoms with Gasteiger partial charge in [0.05, 0.1) is 12.0 Å². The molecule has 100 valence electrons. The lowest BCUT2D eigenvalue weighted by atomic mass is 10.2. The summed E-state index contributed by atoms with van der Waals surface area (Å²) >= 11 is 1.72. The molecule has 0 aliphatic carbocycles. The number of benzene rings is 1. The fourth-order valence-corrected chi connectivity index (χ4v) is 2.53. The number of nitrogens with two attached hydrogens (primary N) is 1. The van der Waals surface area contributed by atoms with E-state index in [2.05, 4.69) is 6.92 Å². The van der Waals surface area contributed by atoms with Crippen LogP contribution >= 0.6 is 11.8 Å². The largest absolute Gasteiger partial charge is 0.496 e. The van der Waals surface area contributed by atoms with Gasteiger partial charge < -0.3 is 10.5 Å². The molecule has 1 aromatic rings. The van der Waals surface area contributed by atoms with Gasteiger partial charge in [-0.05, 0) is 19.0 Å². The van der Waals surface area contributed by atoms with Gasteiger partial charge in [-0.3, -0.25) is 10.1 Å². The first-order valence-corrected chi connectivity index (χ1v) is 6.76. The Hall–Kier alpha value is -1.27. The maximum Gasteiger partial charge on any atom is 0.270 e. The second-order valence-corrected chi connectivity index (χ2v) is 5.38. The predicted octanol–water partition coefficient (Wildman–Crippen LogP) is 2.57. The lowest BCUT2D eigenvalue weighted by Gasteiger charge is -2.12. The number of ether oxygens (including phenoxy) is 1. The van der Waals surface area contributed by atoms with E-state index in [0.717, 1.165) is 12.0 Å². The average Bonchev–Trinajstić information content (AvgIpc) is 2.36. The van der Waals surface area contributed by atoms with Crippen molar-refractivity contribution < 1.29 is 9.66 Å². The van der Waals surface area contributed by atoms with E-state index in [1.165, 1.54) is 6.07 Å². The Labute approximate surface area is 111 Å². The number of nitrogens with zero attached hydrogens (tertiary/aromatic N) is 1. The Morgan fingerprint density at radius 2 is 2.28 bits per heavy atom. The fourth-order valence-electron chi connectivity index (χ4n) is 1.54. The summed E-state index contributed by atoms with van der Waals surface area (Å²) < 4.78 is 5.21. The zero-order chi connectivity index (χ0) is 13.5. The van der Waals surface area contributed by atoms with E-state index < -0.39 is 4.92 Å². The van der Waals surface area contributed by atoms with Crippen LogP contribution in [0.4, 0.5) is 5.69 Å². The summed E-state index contributed by atoms with van der Waals surface area (Å²) in [5.74, 6) is 1.37. The number of rotatable bonds is 7. The Morgan fingerprint density at radius 3 is 2.83 bits per heavy atom. The summed E-state index contributed by atoms with van der Waals surface area (Å²) in [6, 6.07) is 4.67. The Bertz CT molecular complexity index is 412. The van der Waals surface area contributed by atoms with Gasteiger partial charge in [0.15, 0.2) is 0 Å². The molecule has 0 heterocycles. The number of non-ortho nitro benzene ring substituents is 1. The smallest absolute Gasteiger partial charge is 0.270 e. The van der Waals surface area contributed by atoms with Crippen molar-refractivity contribution in [1.82, 2.24) is 0 Å². The first-order valence-electron chi connectivity index (χ1n) is 5.71. The topological polar surface area (TPSA) is 78.4 Å². The van der Waals surface area contributed by atoms with E-state index >= 15 is 0 Å². The molecular weight excluding hydrogens is 252 g/mol. The second kappa shape index (κ2) is 7.23. The molecule has 0 aromatic heterocycles. The van der Waals surface area contributed by atoms with Crippen molar-refractivity contribution in [3.05, 3.63) is 33.9 Å². The van der Waals surface area contributed by atoms with Crippen molar-refractivity contribution in [1.29, 1.82) is 0 Å². The summed E-state index contributed by atoms with van der Waals surface area (Å²) in [6.45, 7) is 2.75. The van der Waals surface area contributed by atoms with Gasteiger partial charge in [-0.1, -0.05) is 6.92 Å². The molecule has 18 heavy (non-hydrogen) atoms. The van der Waals surface area contributed by atoms with Crippen LogP contribution in [-0.2, 0) is 5.75 Å². The van der Waals surface area contributed by atoms with Gasteiger partial charge in [-0.15, -0.1) is 0 Å². The Kier molecular flexibility index (Phi) is 5.94. The van der Waals surface area contributed by atoms with Crippen LogP contribution in [0.15, 0.2) is 18.2 Å². The minimum atomic E-state index is -0.392. The standard InChI is InChI=1S/C12H18N2O3S/c1-9(5-6-13)18-8-10-7-11(14(15)16)3-4-12(10)17-2/h3-4,7,9H,5-6,8,13H2,1-2H3. The molecule has 6 heteroatoms. The molecule has 0 saturated carbocycles. The fraction of sp³-hybridized carbons (Fsp3) is 0.500. The van der Waals surface area contributed by atoms with Gasteiger partial charge in [-0.25, -0.2) is 0 Å². The van der Waals surface area contributed by atoms with E-state index in [1.54, 1.807) is 31.0 Å². The number of hydrogen-bond donors (Lipinski definition) is 1. The first-order chi connectivity index (χ1) is 8.58. The molecule has 0 saturated heterocycles. The molecular formula is C12H18N2O3S. The van der Waals surface area contributed by atoms with Crippen molar-refractivity contribution in [3.63, 3.8) is 0 Å². The molecule has 2 N–H and O–H groups in total. The molecule has 0 radical (unpaired) electrons. The number of nitro groups is 1. The summed E-state index contributed by atoms with van der Waals surface area (Å²) in [7, 11) is 1.57. The number of thioether (sulfide) groups is 1. The van der Waals surface area contributed by atoms with Crippen LogP contribution in [0, 0.1) is 10.1 Å². The van der Waals surface area contributed by atoms with Gasteiger partial charge in [-0.2, -0.15) is 11.8 Å². The summed E-state index contributed by atoms with van der Waals surface area (Å²) in [6.07, 6.45) is 0.932. The zero-order valence-corrected chi connectivity index (χ0v) is 11.4. The van der Waals surface area contributed by atoms with Crippen molar-refractivity contribution in [3.8, 4) is 5.75 Å². The molecule has 1 rings (SSSR count). The average molecular weight is 270 g/mol. The van der Waals surface area contributed by atoms with E-state index in [1.807, 2.05) is 0 Å². The third-order valence-electron chi connectivity index (χ3n) is 2.57. The van der Waals surface area contributed by atoms with E-state index in [4.69, 9.17) is 10.5 Å². The minimum Gasteiger partial charge on any atom is -0.496 e. The van der Waals surface area contributed by atoms with E-state index in [-0.39, 0.29) is 5.69 Å². The van der Waals surface area contributed by atoms with Gasteiger partial charge >= 0.3 is 0 Å². The van der Waals surface area contributed by atoms with Crippen molar-refractivity contribution in [2.45, 2.75) is 24.3 Å². The highest BCUT2D eigenvalue weighted by atomic mass is 32.2. The lowest BCUT2D eigenvalue weighted by Crippen LogP contribution is -2.07. The monoisotopic (exact) mass is 270 g/mol. The maximum absolute atomic E-state index is 10.7. The van der Waals surface area contributed by atoms with Crippen molar-refractivity contribution in [2.24, 2.45) is 5.73 Å². The molecule has 0 bridgehead atoms. The van der Waals surface area contributed by atoms with E-state index in [0.29, 0.717) is 23.3 Å². The second-order valence-electron chi connectivity index (χ2n) is 3.95. The predicted molar refractivity (Wildman–Crippen MR) is 74.1 cm³/mol. The van der Waals surface area contributed by atoms with Crippen LogP contribution in [-0.4, -0.2) is 23.8 Å². The summed E-state index contributed by atoms with van der Waals surface area (Å²) in [5.41, 5.74) is 6.43. The SMILES string of the molecule is COc1ccc([N+](=O)[O-])cc1CSC(C)CCN. The molecule has 0 aliphatic rings. The van der Waals surface area contributed by atoms with Crippen LogP contribution in [0.5, 0.6) is 5.75 Å². The number of methoxy groups -OCH3 is 1. The van der Waals surface area contributed by atoms with Crippen LogP contribution in [0.2, 0.25) is 0 Å². The molecule has 0 amide bonds. The maximum atomic E-state index is 10.7. The summed E-state index contributed by atoms with van der Waals surface area (Å²) in [5, 5.41) is 11.2. The molecule has 1 unspecified atom stereocenters. The Balaban J connectivity index is 2.78. The van der Waals surface area contributed by atoms with E-state index in [9.17, 15) is 10.1 Å². The molecule has 1 atom stereocenters. The normalized spacial score (nSPS) is 12.2. The van der Waals surface area contributed by atoms with Crippen LogP contribution in [0.3, 0.4) is 0 Å². The molecule has 0 spiro atoms. The van der Waals surface area contributed by atoms with Gasteiger partial charge in [0.1, 0.15) is 5.75 Å². The van der Waals surface area contributed by atoms with Gasteiger partial charge in [0, 0.05) is 28.7 Å². The molecule has 1 aromatic carbocycles. The summed E-state index contributed by atoms with van der Waals surface area (Å²) in [4.78, 5) is 10.3. The quantitative estimate of drug-likeness (QED) is 0.608. The molecule has 0 aliphatic heterocycles. The van der Waals surface area contributed by atoms with Gasteiger partial charge in [0.25, 0.3) is 5.69 Å². The molecule has 5 nitrogen and oxygen atoms in total. The first kappa shape index (κ1) is 14.8. The zero-order valence-electron chi connectivity index (χ0n) is 10.6. The van der Waals surface area contributed by atoms with Gasteiger partial charge in [0.2, 0.25) is 0 Å². The number of nitro benzene ring substituents is 1. The highest BCUT2D eigenvalue weighted by molar-refractivity contribution is 7.99. The van der Waals surface area contributed by atoms with Crippen molar-refractivity contribution in [2.75, 3.05) is 13.7 Å². The van der Waals surface area contributed by atoms with Crippen LogP contribution in [0.1, 0.15) is 18.9 Å². The number of hydrogen-bond acceptors (Lipinski definition) is 5. The van der Waals surface area contributed by atoms with Crippen LogP contribution < -0.4 is 10.5 Å². The highest BCUT2D eigenvalue weighted by Crippen LogP contribution is 2.29.